The lowest BCUT2D eigenvalue weighted by Crippen LogP contribution is -2.29. The number of ether oxygens (including phenoxy) is 2. The van der Waals surface area contributed by atoms with Gasteiger partial charge in [0, 0.05) is 0 Å². The second kappa shape index (κ2) is 7.53. The van der Waals surface area contributed by atoms with Gasteiger partial charge in [0.1, 0.15) is 0 Å². The molecule has 0 heterocycles. The van der Waals surface area contributed by atoms with Crippen molar-refractivity contribution in [3.05, 3.63) is 23.8 Å². The molecule has 0 aliphatic carbocycles. The number of hydrogen-bond acceptors (Lipinski definition) is 3. The number of benzene rings is 1. The molecule has 0 saturated heterocycles. The highest BCUT2D eigenvalue weighted by atomic mass is 16.5. The zero-order valence-corrected chi connectivity index (χ0v) is 13.7. The van der Waals surface area contributed by atoms with E-state index in [1.165, 1.54) is 12.0 Å². The Bertz CT molecular complexity index is 417. The minimum absolute atomic E-state index is 0.149. The summed E-state index contributed by atoms with van der Waals surface area (Å²) in [7, 11) is 5.37. The van der Waals surface area contributed by atoms with E-state index in [4.69, 9.17) is 9.47 Å². The van der Waals surface area contributed by atoms with Crippen molar-refractivity contribution in [2.75, 3.05) is 27.8 Å². The molecule has 0 spiro atoms. The average molecular weight is 279 g/mol. The fraction of sp³-hybridized carbons (Fsp3) is 0.647. The van der Waals surface area contributed by atoms with Gasteiger partial charge in [-0.15, -0.1) is 0 Å². The summed E-state index contributed by atoms with van der Waals surface area (Å²) in [6.45, 7) is 7.97. The molecular formula is C17H29NO2. The maximum atomic E-state index is 5.44. The van der Waals surface area contributed by atoms with Crippen LogP contribution >= 0.6 is 0 Å². The van der Waals surface area contributed by atoms with Crippen molar-refractivity contribution < 1.29 is 9.47 Å². The Morgan fingerprint density at radius 3 is 2.30 bits per heavy atom. The Morgan fingerprint density at radius 2 is 1.80 bits per heavy atom. The lowest BCUT2D eigenvalue weighted by molar-refractivity contribution is 0.301. The highest BCUT2D eigenvalue weighted by Gasteiger charge is 2.30. The SMILES string of the molecule is CNCCCC(C)(c1ccc(OC)c(OC)c1)C(C)C. The van der Waals surface area contributed by atoms with Gasteiger partial charge in [0.05, 0.1) is 14.2 Å². The van der Waals surface area contributed by atoms with E-state index in [1.807, 2.05) is 13.1 Å². The van der Waals surface area contributed by atoms with E-state index in [9.17, 15) is 0 Å². The van der Waals surface area contributed by atoms with Crippen molar-refractivity contribution >= 4 is 0 Å². The van der Waals surface area contributed by atoms with E-state index in [2.05, 4.69) is 38.2 Å². The Morgan fingerprint density at radius 1 is 1.15 bits per heavy atom. The summed E-state index contributed by atoms with van der Waals surface area (Å²) in [5, 5.41) is 3.23. The Balaban J connectivity index is 3.08. The molecule has 1 atom stereocenters. The van der Waals surface area contributed by atoms with Crippen molar-refractivity contribution in [1.29, 1.82) is 0 Å². The molecule has 0 saturated carbocycles. The molecule has 0 bridgehead atoms. The Labute approximate surface area is 123 Å². The molecule has 1 aromatic carbocycles. The van der Waals surface area contributed by atoms with E-state index in [-0.39, 0.29) is 5.41 Å². The quantitative estimate of drug-likeness (QED) is 0.737. The van der Waals surface area contributed by atoms with Gasteiger partial charge in [0.25, 0.3) is 0 Å². The van der Waals surface area contributed by atoms with Crippen LogP contribution in [0.4, 0.5) is 0 Å². The molecule has 0 aliphatic rings. The average Bonchev–Trinajstić information content (AvgIpc) is 2.46. The standard InChI is InChI=1S/C17H29NO2/c1-13(2)17(3,10-7-11-18-4)14-8-9-15(19-5)16(12-14)20-6/h8-9,12-13,18H,7,10-11H2,1-6H3. The van der Waals surface area contributed by atoms with Gasteiger partial charge in [-0.25, -0.2) is 0 Å². The third-order valence-electron chi connectivity index (χ3n) is 4.44. The molecule has 3 heteroatoms. The molecule has 0 amide bonds. The van der Waals surface area contributed by atoms with Gasteiger partial charge in [-0.05, 0) is 55.5 Å². The van der Waals surface area contributed by atoms with Crippen molar-refractivity contribution in [3.8, 4) is 11.5 Å². The fourth-order valence-corrected chi connectivity index (χ4v) is 2.59. The third-order valence-corrected chi connectivity index (χ3v) is 4.44. The van der Waals surface area contributed by atoms with Crippen LogP contribution in [0.1, 0.15) is 39.2 Å². The maximum absolute atomic E-state index is 5.44. The predicted molar refractivity (Wildman–Crippen MR) is 84.9 cm³/mol. The van der Waals surface area contributed by atoms with Crippen molar-refractivity contribution in [1.82, 2.24) is 5.32 Å². The van der Waals surface area contributed by atoms with Crippen LogP contribution in [0.25, 0.3) is 0 Å². The summed E-state index contributed by atoms with van der Waals surface area (Å²) in [4.78, 5) is 0. The number of hydrogen-bond donors (Lipinski definition) is 1. The monoisotopic (exact) mass is 279 g/mol. The molecule has 1 aromatic rings. The smallest absolute Gasteiger partial charge is 0.161 e. The van der Waals surface area contributed by atoms with E-state index in [0.29, 0.717) is 5.92 Å². The van der Waals surface area contributed by atoms with Crippen molar-refractivity contribution in [2.24, 2.45) is 5.92 Å². The van der Waals surface area contributed by atoms with E-state index >= 15 is 0 Å². The molecule has 20 heavy (non-hydrogen) atoms. The topological polar surface area (TPSA) is 30.5 Å². The molecule has 3 nitrogen and oxygen atoms in total. The van der Waals surface area contributed by atoms with Gasteiger partial charge in [0.15, 0.2) is 11.5 Å². The minimum atomic E-state index is 0.149. The molecule has 1 rings (SSSR count). The van der Waals surface area contributed by atoms with Crippen molar-refractivity contribution in [3.63, 3.8) is 0 Å². The van der Waals surface area contributed by atoms with Crippen molar-refractivity contribution in [2.45, 2.75) is 39.0 Å². The normalized spacial score (nSPS) is 14.2. The van der Waals surface area contributed by atoms with E-state index < -0.39 is 0 Å². The van der Waals surface area contributed by atoms with Gasteiger partial charge in [-0.3, -0.25) is 0 Å². The molecular weight excluding hydrogens is 250 g/mol. The van der Waals surface area contributed by atoms with Gasteiger partial charge < -0.3 is 14.8 Å². The van der Waals surface area contributed by atoms with Crippen LogP contribution in [0, 0.1) is 5.92 Å². The highest BCUT2D eigenvalue weighted by Crippen LogP contribution is 2.40. The fourth-order valence-electron chi connectivity index (χ4n) is 2.59. The van der Waals surface area contributed by atoms with Crippen LogP contribution in [-0.2, 0) is 5.41 Å². The Kier molecular flexibility index (Phi) is 6.34. The summed E-state index contributed by atoms with van der Waals surface area (Å²) >= 11 is 0. The zero-order valence-electron chi connectivity index (χ0n) is 13.7. The molecule has 1 N–H and O–H groups in total. The van der Waals surface area contributed by atoms with Gasteiger partial charge in [-0.1, -0.05) is 26.8 Å². The van der Waals surface area contributed by atoms with Crippen LogP contribution < -0.4 is 14.8 Å². The van der Waals surface area contributed by atoms with Gasteiger partial charge in [0.2, 0.25) is 0 Å². The van der Waals surface area contributed by atoms with Gasteiger partial charge in [-0.2, -0.15) is 0 Å². The zero-order chi connectivity index (χ0) is 15.2. The van der Waals surface area contributed by atoms with Gasteiger partial charge >= 0.3 is 0 Å². The Hall–Kier alpha value is -1.22. The van der Waals surface area contributed by atoms with Crippen LogP contribution in [-0.4, -0.2) is 27.8 Å². The molecule has 0 aromatic heterocycles. The minimum Gasteiger partial charge on any atom is -0.493 e. The largest absolute Gasteiger partial charge is 0.493 e. The van der Waals surface area contributed by atoms with E-state index in [1.54, 1.807) is 14.2 Å². The van der Waals surface area contributed by atoms with E-state index in [0.717, 1.165) is 24.5 Å². The summed E-state index contributed by atoms with van der Waals surface area (Å²) in [6.07, 6.45) is 2.32. The molecule has 0 radical (unpaired) electrons. The number of methoxy groups -OCH3 is 2. The predicted octanol–water partition coefficient (Wildman–Crippen LogP) is 3.62. The lowest BCUT2D eigenvalue weighted by Gasteiger charge is -2.35. The first kappa shape index (κ1) is 16.8. The summed E-state index contributed by atoms with van der Waals surface area (Å²) in [5.41, 5.74) is 1.47. The van der Waals surface area contributed by atoms with Crippen LogP contribution in [0.2, 0.25) is 0 Å². The molecule has 1 unspecified atom stereocenters. The first-order valence-corrected chi connectivity index (χ1v) is 7.36. The van der Waals surface area contributed by atoms with Crippen LogP contribution in [0.15, 0.2) is 18.2 Å². The maximum Gasteiger partial charge on any atom is 0.161 e. The molecule has 0 aliphatic heterocycles. The first-order chi connectivity index (χ1) is 9.49. The summed E-state index contributed by atoms with van der Waals surface area (Å²) in [5.74, 6) is 2.17. The summed E-state index contributed by atoms with van der Waals surface area (Å²) < 4.78 is 10.8. The lowest BCUT2D eigenvalue weighted by atomic mass is 9.70. The molecule has 0 fully saturated rings. The van der Waals surface area contributed by atoms with Crippen LogP contribution in [0.3, 0.4) is 0 Å². The third kappa shape index (κ3) is 3.66. The second-order valence-electron chi connectivity index (χ2n) is 5.85. The number of nitrogens with one attached hydrogen (secondary N) is 1. The van der Waals surface area contributed by atoms with Crippen LogP contribution in [0.5, 0.6) is 11.5 Å². The highest BCUT2D eigenvalue weighted by molar-refractivity contribution is 5.45. The second-order valence-corrected chi connectivity index (χ2v) is 5.85. The molecule has 114 valence electrons. The number of rotatable bonds is 8. The first-order valence-electron chi connectivity index (χ1n) is 7.36. The summed E-state index contributed by atoms with van der Waals surface area (Å²) in [6, 6.07) is 6.30.